The first-order chi connectivity index (χ1) is 9.75. The number of ether oxygens (including phenoxy) is 1. The number of alkyl halides is 1. The van der Waals surface area contributed by atoms with Gasteiger partial charge in [0.05, 0.1) is 5.56 Å². The minimum absolute atomic E-state index is 0.281. The average molecular weight is 270 g/mol. The summed E-state index contributed by atoms with van der Waals surface area (Å²) in [5, 5.41) is 0. The fourth-order valence-corrected chi connectivity index (χ4v) is 1.65. The highest BCUT2D eigenvalue weighted by Crippen LogP contribution is 2.06. The molecule has 0 aliphatic rings. The van der Waals surface area contributed by atoms with Crippen molar-refractivity contribution in [2.24, 2.45) is 0 Å². The maximum atomic E-state index is 13.6. The summed E-state index contributed by atoms with van der Waals surface area (Å²) in [7, 11) is 0. The summed E-state index contributed by atoms with van der Waals surface area (Å²) in [5.74, 6) is -0.513. The summed E-state index contributed by atoms with van der Waals surface area (Å²) in [5.41, 5.74) is 1.33. The molecule has 1 atom stereocenters. The molecule has 3 heteroatoms. The van der Waals surface area contributed by atoms with Crippen molar-refractivity contribution in [1.29, 1.82) is 0 Å². The van der Waals surface area contributed by atoms with Gasteiger partial charge in [-0.3, -0.25) is 0 Å². The van der Waals surface area contributed by atoms with E-state index < -0.39 is 12.1 Å². The minimum Gasteiger partial charge on any atom is -0.459 e. The first-order valence-corrected chi connectivity index (χ1v) is 6.35. The summed E-state index contributed by atoms with van der Waals surface area (Å²) in [6, 6.07) is 17.9. The highest BCUT2D eigenvalue weighted by molar-refractivity contribution is 5.89. The Balaban J connectivity index is 1.82. The van der Waals surface area contributed by atoms with Gasteiger partial charge in [0.1, 0.15) is 6.61 Å². The van der Waals surface area contributed by atoms with Gasteiger partial charge in [0.15, 0.2) is 6.17 Å². The molecular weight excluding hydrogens is 255 g/mol. The molecule has 20 heavy (non-hydrogen) atoms. The fraction of sp³-hybridized carbons (Fsp3) is 0.118. The van der Waals surface area contributed by atoms with Gasteiger partial charge in [0, 0.05) is 0 Å². The van der Waals surface area contributed by atoms with E-state index in [4.69, 9.17) is 4.74 Å². The normalized spacial score (nSPS) is 12.2. The molecule has 2 nitrogen and oxygen atoms in total. The van der Waals surface area contributed by atoms with E-state index in [2.05, 4.69) is 0 Å². The number of rotatable bonds is 5. The average Bonchev–Trinajstić information content (AvgIpc) is 2.52. The molecule has 0 bridgehead atoms. The Bertz CT molecular complexity index is 564. The third kappa shape index (κ3) is 4.35. The summed E-state index contributed by atoms with van der Waals surface area (Å²) >= 11 is 0. The molecule has 0 radical (unpaired) electrons. The monoisotopic (exact) mass is 270 g/mol. The Hall–Kier alpha value is -2.42. The van der Waals surface area contributed by atoms with E-state index in [1.54, 1.807) is 36.4 Å². The van der Waals surface area contributed by atoms with Crippen molar-refractivity contribution in [1.82, 2.24) is 0 Å². The van der Waals surface area contributed by atoms with E-state index in [9.17, 15) is 9.18 Å². The summed E-state index contributed by atoms with van der Waals surface area (Å²) < 4.78 is 18.5. The second kappa shape index (κ2) is 7.24. The summed E-state index contributed by atoms with van der Waals surface area (Å²) in [6.45, 7) is -0.281. The molecule has 0 amide bonds. The van der Waals surface area contributed by atoms with Gasteiger partial charge in [0.2, 0.25) is 0 Å². The van der Waals surface area contributed by atoms with Crippen LogP contribution in [0.5, 0.6) is 0 Å². The van der Waals surface area contributed by atoms with E-state index in [0.29, 0.717) is 5.56 Å². The quantitative estimate of drug-likeness (QED) is 0.770. The predicted molar refractivity (Wildman–Crippen MR) is 77.1 cm³/mol. The molecule has 0 aliphatic heterocycles. The van der Waals surface area contributed by atoms with E-state index in [-0.39, 0.29) is 6.61 Å². The second-order valence-corrected chi connectivity index (χ2v) is 4.25. The second-order valence-electron chi connectivity index (χ2n) is 4.25. The van der Waals surface area contributed by atoms with Crippen LogP contribution >= 0.6 is 0 Å². The van der Waals surface area contributed by atoms with Gasteiger partial charge >= 0.3 is 5.97 Å². The van der Waals surface area contributed by atoms with Crippen molar-refractivity contribution >= 4 is 12.0 Å². The van der Waals surface area contributed by atoms with Crippen LogP contribution in [-0.2, 0) is 4.74 Å². The third-order valence-corrected chi connectivity index (χ3v) is 2.68. The first-order valence-electron chi connectivity index (χ1n) is 6.35. The highest BCUT2D eigenvalue weighted by atomic mass is 19.1. The molecule has 0 aromatic heterocycles. The van der Waals surface area contributed by atoms with Crippen LogP contribution in [0.2, 0.25) is 0 Å². The van der Waals surface area contributed by atoms with Crippen molar-refractivity contribution in [2.75, 3.05) is 6.61 Å². The van der Waals surface area contributed by atoms with Gasteiger partial charge in [-0.2, -0.15) is 0 Å². The number of esters is 1. The first kappa shape index (κ1) is 14.0. The highest BCUT2D eigenvalue weighted by Gasteiger charge is 2.09. The molecule has 1 unspecified atom stereocenters. The molecule has 2 aromatic rings. The topological polar surface area (TPSA) is 26.3 Å². The largest absolute Gasteiger partial charge is 0.459 e. The lowest BCUT2D eigenvalue weighted by Gasteiger charge is -2.06. The Morgan fingerprint density at radius 1 is 1.05 bits per heavy atom. The predicted octanol–water partition coefficient (Wildman–Crippen LogP) is 3.89. The maximum absolute atomic E-state index is 13.6. The van der Waals surface area contributed by atoms with Gasteiger partial charge in [-0.05, 0) is 23.8 Å². The lowest BCUT2D eigenvalue weighted by molar-refractivity contribution is 0.0438. The zero-order valence-electron chi connectivity index (χ0n) is 10.9. The molecule has 102 valence electrons. The zero-order valence-corrected chi connectivity index (χ0v) is 10.9. The molecule has 2 rings (SSSR count). The third-order valence-electron chi connectivity index (χ3n) is 2.68. The Kier molecular flexibility index (Phi) is 5.07. The minimum atomic E-state index is -1.32. The summed E-state index contributed by atoms with van der Waals surface area (Å²) in [4.78, 5) is 11.6. The number of hydrogen-bond donors (Lipinski definition) is 0. The van der Waals surface area contributed by atoms with Gasteiger partial charge in [-0.1, -0.05) is 54.6 Å². The van der Waals surface area contributed by atoms with Crippen LogP contribution in [0.15, 0.2) is 66.7 Å². The smallest absolute Gasteiger partial charge is 0.338 e. The molecule has 0 saturated carbocycles. The maximum Gasteiger partial charge on any atom is 0.338 e. The van der Waals surface area contributed by atoms with E-state index in [1.807, 2.05) is 30.3 Å². The number of carbonyl (C=O) groups is 1. The molecule has 0 aliphatic carbocycles. The van der Waals surface area contributed by atoms with E-state index >= 15 is 0 Å². The molecule has 0 fully saturated rings. The number of carbonyl (C=O) groups excluding carboxylic acids is 1. The van der Waals surface area contributed by atoms with Gasteiger partial charge < -0.3 is 4.74 Å². The number of halogens is 1. The Morgan fingerprint density at radius 3 is 2.30 bits per heavy atom. The molecule has 0 saturated heterocycles. The number of benzene rings is 2. The van der Waals surface area contributed by atoms with Gasteiger partial charge in [0.25, 0.3) is 0 Å². The molecule has 0 heterocycles. The van der Waals surface area contributed by atoms with Crippen molar-refractivity contribution in [3.8, 4) is 0 Å². The number of hydrogen-bond acceptors (Lipinski definition) is 2. The lowest BCUT2D eigenvalue weighted by atomic mass is 10.2. The van der Waals surface area contributed by atoms with E-state index in [0.717, 1.165) is 5.56 Å². The van der Waals surface area contributed by atoms with Crippen LogP contribution in [0, 0.1) is 0 Å². The van der Waals surface area contributed by atoms with Crippen molar-refractivity contribution < 1.29 is 13.9 Å². The van der Waals surface area contributed by atoms with Gasteiger partial charge in [-0.15, -0.1) is 0 Å². The Morgan fingerprint density at radius 2 is 1.65 bits per heavy atom. The van der Waals surface area contributed by atoms with Crippen LogP contribution in [0.3, 0.4) is 0 Å². The molecule has 0 spiro atoms. The van der Waals surface area contributed by atoms with Crippen LogP contribution < -0.4 is 0 Å². The van der Waals surface area contributed by atoms with Crippen LogP contribution in [0.1, 0.15) is 15.9 Å². The van der Waals surface area contributed by atoms with E-state index in [1.165, 1.54) is 6.08 Å². The van der Waals surface area contributed by atoms with Crippen LogP contribution in [-0.4, -0.2) is 18.7 Å². The van der Waals surface area contributed by atoms with Crippen molar-refractivity contribution in [2.45, 2.75) is 6.17 Å². The SMILES string of the molecule is O=C(OCC(F)/C=C/c1ccccc1)c1ccccc1. The molecular formula is C17H15FO2. The summed E-state index contributed by atoms with van der Waals surface area (Å²) in [6.07, 6.45) is 1.73. The Labute approximate surface area is 117 Å². The van der Waals surface area contributed by atoms with Crippen molar-refractivity contribution in [3.63, 3.8) is 0 Å². The van der Waals surface area contributed by atoms with Crippen LogP contribution in [0.25, 0.3) is 6.08 Å². The molecule has 2 aromatic carbocycles. The zero-order chi connectivity index (χ0) is 14.2. The van der Waals surface area contributed by atoms with Crippen LogP contribution in [0.4, 0.5) is 4.39 Å². The fourth-order valence-electron chi connectivity index (χ4n) is 1.65. The molecule has 0 N–H and O–H groups in total. The van der Waals surface area contributed by atoms with Gasteiger partial charge in [-0.25, -0.2) is 9.18 Å². The lowest BCUT2D eigenvalue weighted by Crippen LogP contribution is -2.13. The standard InChI is InChI=1S/C17H15FO2/c18-16(12-11-14-7-3-1-4-8-14)13-20-17(19)15-9-5-2-6-10-15/h1-12,16H,13H2/b12-11+. The van der Waals surface area contributed by atoms with Crippen molar-refractivity contribution in [3.05, 3.63) is 77.9 Å².